The van der Waals surface area contributed by atoms with E-state index in [1.54, 1.807) is 0 Å². The maximum Gasteiger partial charge on any atom is 0.306 e. The number of carbonyl (C=O) groups is 3. The molecule has 0 aromatic rings. The number of hydrogen-bond donors (Lipinski definition) is 3. The summed E-state index contributed by atoms with van der Waals surface area (Å²) in [7, 11) is 0. The molecule has 0 aliphatic heterocycles. The number of hydrogen-bond acceptors (Lipinski definition) is 3. The molecule has 84 valence electrons. The number of nitrogens with one attached hydrogen (secondary N) is 1. The second kappa shape index (κ2) is 4.77. The van der Waals surface area contributed by atoms with E-state index in [9.17, 15) is 14.4 Å². The first-order valence-corrected chi connectivity index (χ1v) is 4.79. The largest absolute Gasteiger partial charge is 0.481 e. The minimum absolute atomic E-state index is 0.187. The first-order valence-electron chi connectivity index (χ1n) is 4.79. The molecule has 6 heteroatoms. The summed E-state index contributed by atoms with van der Waals surface area (Å²) < 4.78 is 0. The van der Waals surface area contributed by atoms with Gasteiger partial charge in [-0.25, -0.2) is 0 Å². The lowest BCUT2D eigenvalue weighted by molar-refractivity contribution is -0.141. The molecule has 0 unspecified atom stereocenters. The van der Waals surface area contributed by atoms with Crippen molar-refractivity contribution in [2.75, 3.05) is 6.54 Å². The summed E-state index contributed by atoms with van der Waals surface area (Å²) in [6.45, 7) is -0.187. The average molecular weight is 214 g/mol. The minimum atomic E-state index is -0.861. The summed E-state index contributed by atoms with van der Waals surface area (Å²) in [5.74, 6) is -2.48. The van der Waals surface area contributed by atoms with Gasteiger partial charge in [0.2, 0.25) is 11.8 Å². The second-order valence-corrected chi connectivity index (χ2v) is 3.73. The van der Waals surface area contributed by atoms with E-state index in [0.29, 0.717) is 19.3 Å². The fraction of sp³-hybridized carbons (Fsp3) is 0.667. The molecule has 1 aliphatic carbocycles. The number of carboxylic acids is 1. The Morgan fingerprint density at radius 2 is 1.87 bits per heavy atom. The van der Waals surface area contributed by atoms with Crippen LogP contribution >= 0.6 is 0 Å². The third-order valence-electron chi connectivity index (χ3n) is 2.59. The highest BCUT2D eigenvalue weighted by Crippen LogP contribution is 2.30. The summed E-state index contributed by atoms with van der Waals surface area (Å²) in [5, 5.41) is 11.1. The van der Waals surface area contributed by atoms with E-state index in [4.69, 9.17) is 10.8 Å². The van der Waals surface area contributed by atoms with Crippen LogP contribution in [0.15, 0.2) is 0 Å². The van der Waals surface area contributed by atoms with E-state index < -0.39 is 17.8 Å². The van der Waals surface area contributed by atoms with Gasteiger partial charge in [-0.2, -0.15) is 0 Å². The monoisotopic (exact) mass is 214 g/mol. The van der Waals surface area contributed by atoms with Crippen molar-refractivity contribution in [2.45, 2.75) is 19.3 Å². The van der Waals surface area contributed by atoms with Crippen LogP contribution in [0.2, 0.25) is 0 Å². The molecule has 0 radical (unpaired) electrons. The Morgan fingerprint density at radius 1 is 1.27 bits per heavy atom. The first kappa shape index (κ1) is 11.5. The third-order valence-corrected chi connectivity index (χ3v) is 2.59. The van der Waals surface area contributed by atoms with Gasteiger partial charge in [-0.1, -0.05) is 0 Å². The second-order valence-electron chi connectivity index (χ2n) is 3.73. The van der Waals surface area contributed by atoms with Crippen molar-refractivity contribution in [1.82, 2.24) is 5.32 Å². The zero-order valence-electron chi connectivity index (χ0n) is 8.23. The third kappa shape index (κ3) is 3.23. The first-order chi connectivity index (χ1) is 7.00. The number of nitrogens with two attached hydrogens (primary N) is 1. The van der Waals surface area contributed by atoms with Crippen LogP contribution in [0.3, 0.4) is 0 Å². The Labute approximate surface area is 86.8 Å². The standard InChI is InChI=1S/C9H14N2O4/c10-7(12)4-11-8(13)5-1-2-6(3-5)9(14)15/h5-6H,1-4H2,(H2,10,12)(H,11,13)(H,14,15)/t5-,6+/m1/s1. The summed E-state index contributed by atoms with van der Waals surface area (Å²) in [4.78, 5) is 32.4. The molecule has 1 fully saturated rings. The van der Waals surface area contributed by atoms with E-state index in [1.807, 2.05) is 0 Å². The van der Waals surface area contributed by atoms with Crippen molar-refractivity contribution in [3.8, 4) is 0 Å². The molecular formula is C9H14N2O4. The lowest BCUT2D eigenvalue weighted by atomic mass is 10.0. The van der Waals surface area contributed by atoms with E-state index in [2.05, 4.69) is 5.32 Å². The van der Waals surface area contributed by atoms with E-state index in [0.717, 1.165) is 0 Å². The molecule has 1 saturated carbocycles. The quantitative estimate of drug-likeness (QED) is 0.562. The topological polar surface area (TPSA) is 109 Å². The number of amides is 2. The highest BCUT2D eigenvalue weighted by Gasteiger charge is 2.33. The lowest BCUT2D eigenvalue weighted by Gasteiger charge is -2.08. The van der Waals surface area contributed by atoms with Gasteiger partial charge >= 0.3 is 5.97 Å². The molecule has 0 heterocycles. The Bertz CT molecular complexity index is 290. The van der Waals surface area contributed by atoms with Crippen molar-refractivity contribution >= 4 is 17.8 Å². The van der Waals surface area contributed by atoms with Gasteiger partial charge in [-0.3, -0.25) is 14.4 Å². The van der Waals surface area contributed by atoms with E-state index in [-0.39, 0.29) is 18.4 Å². The molecule has 15 heavy (non-hydrogen) atoms. The van der Waals surface area contributed by atoms with Crippen LogP contribution in [0.5, 0.6) is 0 Å². The van der Waals surface area contributed by atoms with Crippen LogP contribution < -0.4 is 11.1 Å². The van der Waals surface area contributed by atoms with E-state index >= 15 is 0 Å². The molecular weight excluding hydrogens is 200 g/mol. The molecule has 2 atom stereocenters. The van der Waals surface area contributed by atoms with Gasteiger partial charge in [0.15, 0.2) is 0 Å². The SMILES string of the molecule is NC(=O)CNC(=O)[C@@H]1CC[C@H](C(=O)O)C1. The number of carbonyl (C=O) groups excluding carboxylic acids is 2. The van der Waals surface area contributed by atoms with Crippen LogP contribution in [-0.2, 0) is 14.4 Å². The summed E-state index contributed by atoms with van der Waals surface area (Å²) in [5.41, 5.74) is 4.87. The predicted octanol–water partition coefficient (Wildman–Crippen LogP) is -0.911. The Balaban J connectivity index is 2.36. The highest BCUT2D eigenvalue weighted by molar-refractivity contribution is 5.85. The van der Waals surface area contributed by atoms with Gasteiger partial charge in [0.25, 0.3) is 0 Å². The maximum atomic E-state index is 11.4. The van der Waals surface area contributed by atoms with Crippen molar-refractivity contribution in [2.24, 2.45) is 17.6 Å². The molecule has 0 aromatic heterocycles. The summed E-state index contributed by atoms with van der Waals surface area (Å²) >= 11 is 0. The zero-order valence-corrected chi connectivity index (χ0v) is 8.23. The molecule has 1 aliphatic rings. The van der Waals surface area contributed by atoms with Gasteiger partial charge < -0.3 is 16.2 Å². The highest BCUT2D eigenvalue weighted by atomic mass is 16.4. The van der Waals surface area contributed by atoms with Crippen LogP contribution in [-0.4, -0.2) is 29.4 Å². The van der Waals surface area contributed by atoms with E-state index in [1.165, 1.54) is 0 Å². The summed E-state index contributed by atoms with van der Waals surface area (Å²) in [6.07, 6.45) is 1.42. The molecule has 1 rings (SSSR count). The van der Waals surface area contributed by atoms with Crippen molar-refractivity contribution in [3.63, 3.8) is 0 Å². The molecule has 2 amide bonds. The Morgan fingerprint density at radius 3 is 2.33 bits per heavy atom. The van der Waals surface area contributed by atoms with Crippen LogP contribution in [0.4, 0.5) is 0 Å². The lowest BCUT2D eigenvalue weighted by Crippen LogP contribution is -2.36. The normalized spacial score (nSPS) is 24.8. The smallest absolute Gasteiger partial charge is 0.306 e. The number of primary amides is 1. The minimum Gasteiger partial charge on any atom is -0.481 e. The van der Waals surface area contributed by atoms with Crippen molar-refractivity contribution in [1.29, 1.82) is 0 Å². The molecule has 6 nitrogen and oxygen atoms in total. The summed E-state index contributed by atoms with van der Waals surface area (Å²) in [6, 6.07) is 0. The van der Waals surface area contributed by atoms with Gasteiger partial charge in [0, 0.05) is 5.92 Å². The van der Waals surface area contributed by atoms with Crippen LogP contribution in [0.25, 0.3) is 0 Å². The van der Waals surface area contributed by atoms with Crippen molar-refractivity contribution in [3.05, 3.63) is 0 Å². The van der Waals surface area contributed by atoms with Crippen LogP contribution in [0.1, 0.15) is 19.3 Å². The van der Waals surface area contributed by atoms with Crippen molar-refractivity contribution < 1.29 is 19.5 Å². The molecule has 0 aromatic carbocycles. The fourth-order valence-electron chi connectivity index (χ4n) is 1.76. The Kier molecular flexibility index (Phi) is 3.65. The number of aliphatic carboxylic acids is 1. The van der Waals surface area contributed by atoms with Gasteiger partial charge in [0.05, 0.1) is 12.5 Å². The molecule has 0 bridgehead atoms. The molecule has 4 N–H and O–H groups in total. The Hall–Kier alpha value is -1.59. The van der Waals surface area contributed by atoms with Gasteiger partial charge in [-0.15, -0.1) is 0 Å². The zero-order chi connectivity index (χ0) is 11.4. The number of carboxylic acid groups (broad SMARTS) is 1. The van der Waals surface area contributed by atoms with Gasteiger partial charge in [0.1, 0.15) is 0 Å². The number of rotatable bonds is 4. The molecule has 0 spiro atoms. The molecule has 0 saturated heterocycles. The predicted molar refractivity (Wildman–Crippen MR) is 50.7 cm³/mol. The fourth-order valence-corrected chi connectivity index (χ4v) is 1.76. The van der Waals surface area contributed by atoms with Crippen LogP contribution in [0, 0.1) is 11.8 Å². The average Bonchev–Trinajstić information content (AvgIpc) is 2.62. The van der Waals surface area contributed by atoms with Gasteiger partial charge in [-0.05, 0) is 19.3 Å². The maximum absolute atomic E-state index is 11.4.